The van der Waals surface area contributed by atoms with Crippen LogP contribution in [0.25, 0.3) is 0 Å². The molecule has 0 radical (unpaired) electrons. The summed E-state index contributed by atoms with van der Waals surface area (Å²) in [6.07, 6.45) is 2.21. The monoisotopic (exact) mass is 229 g/mol. The van der Waals surface area contributed by atoms with E-state index in [-0.39, 0.29) is 0 Å². The van der Waals surface area contributed by atoms with E-state index in [1.54, 1.807) is 0 Å². The number of hydrogen-bond acceptors (Lipinski definition) is 5. The molecule has 1 rings (SSSR count). The van der Waals surface area contributed by atoms with Crippen LogP contribution in [0.15, 0.2) is 0 Å². The molecule has 0 spiro atoms. The molecule has 0 atom stereocenters. The van der Waals surface area contributed by atoms with Gasteiger partial charge in [0, 0.05) is 6.04 Å². The number of nitrogens with zero attached hydrogens (tertiary/aromatic N) is 2. The van der Waals surface area contributed by atoms with Gasteiger partial charge >= 0.3 is 0 Å². The minimum atomic E-state index is 0.471. The normalized spacial score (nSPS) is 10.9. The molecule has 0 saturated heterocycles. The van der Waals surface area contributed by atoms with Crippen molar-refractivity contribution in [3.8, 4) is 5.19 Å². The zero-order valence-corrected chi connectivity index (χ0v) is 10.4. The molecule has 0 aromatic carbocycles. The molecule has 0 fully saturated rings. The number of nitrogens with one attached hydrogen (secondary N) is 1. The molecular formula is C10H19N3OS. The van der Waals surface area contributed by atoms with Crippen molar-refractivity contribution in [2.45, 2.75) is 46.2 Å². The summed E-state index contributed by atoms with van der Waals surface area (Å²) in [6, 6.07) is 0.471. The van der Waals surface area contributed by atoms with Crippen LogP contribution in [-0.4, -0.2) is 22.8 Å². The minimum Gasteiger partial charge on any atom is -0.469 e. The molecule has 15 heavy (non-hydrogen) atoms. The van der Waals surface area contributed by atoms with Gasteiger partial charge in [-0.05, 0) is 6.42 Å². The number of unbranched alkanes of at least 4 members (excludes halogenated alkanes) is 1. The van der Waals surface area contributed by atoms with Gasteiger partial charge in [-0.1, -0.05) is 38.5 Å². The summed E-state index contributed by atoms with van der Waals surface area (Å²) in [4.78, 5) is 0. The first-order valence-corrected chi connectivity index (χ1v) is 6.22. The first-order chi connectivity index (χ1) is 7.22. The molecular weight excluding hydrogens is 210 g/mol. The summed E-state index contributed by atoms with van der Waals surface area (Å²) in [5.74, 6) is 0. The second-order valence-corrected chi connectivity index (χ2v) is 4.72. The van der Waals surface area contributed by atoms with Crippen LogP contribution in [0.2, 0.25) is 0 Å². The van der Waals surface area contributed by atoms with Crippen LogP contribution in [0, 0.1) is 0 Å². The van der Waals surface area contributed by atoms with E-state index in [1.165, 1.54) is 11.3 Å². The molecule has 0 aliphatic heterocycles. The van der Waals surface area contributed by atoms with E-state index < -0.39 is 0 Å². The zero-order chi connectivity index (χ0) is 11.1. The number of rotatable bonds is 7. The number of ether oxygens (including phenoxy) is 1. The quantitative estimate of drug-likeness (QED) is 0.728. The summed E-state index contributed by atoms with van der Waals surface area (Å²) < 4.78 is 5.45. The van der Waals surface area contributed by atoms with Crippen LogP contribution in [0.4, 0.5) is 0 Å². The van der Waals surface area contributed by atoms with Crippen LogP contribution in [0.1, 0.15) is 38.6 Å². The van der Waals surface area contributed by atoms with Crippen molar-refractivity contribution in [1.29, 1.82) is 0 Å². The maximum Gasteiger partial charge on any atom is 0.294 e. The van der Waals surface area contributed by atoms with Gasteiger partial charge in [0.25, 0.3) is 5.19 Å². The summed E-state index contributed by atoms with van der Waals surface area (Å²) in [5, 5.41) is 13.0. The van der Waals surface area contributed by atoms with Gasteiger partial charge in [-0.2, -0.15) is 0 Å². The topological polar surface area (TPSA) is 47.0 Å². The molecule has 86 valence electrons. The molecule has 1 aromatic heterocycles. The molecule has 0 amide bonds. The van der Waals surface area contributed by atoms with Gasteiger partial charge in [-0.15, -0.1) is 10.2 Å². The second kappa shape index (κ2) is 6.74. The predicted molar refractivity (Wildman–Crippen MR) is 62.3 cm³/mol. The van der Waals surface area contributed by atoms with Crippen LogP contribution in [0.5, 0.6) is 5.19 Å². The van der Waals surface area contributed by atoms with Gasteiger partial charge in [0.1, 0.15) is 5.01 Å². The highest BCUT2D eigenvalue weighted by Gasteiger charge is 2.04. The van der Waals surface area contributed by atoms with E-state index in [9.17, 15) is 0 Å². The zero-order valence-electron chi connectivity index (χ0n) is 9.62. The Morgan fingerprint density at radius 1 is 1.40 bits per heavy atom. The van der Waals surface area contributed by atoms with Gasteiger partial charge in [0.2, 0.25) is 0 Å². The lowest BCUT2D eigenvalue weighted by Gasteiger charge is -2.03. The molecule has 0 unspecified atom stereocenters. The van der Waals surface area contributed by atoms with Crippen molar-refractivity contribution in [2.24, 2.45) is 0 Å². The largest absolute Gasteiger partial charge is 0.469 e. The predicted octanol–water partition coefficient (Wildman–Crippen LogP) is 2.21. The minimum absolute atomic E-state index is 0.471. The Hall–Kier alpha value is -0.680. The van der Waals surface area contributed by atoms with Gasteiger partial charge in [-0.3, -0.25) is 0 Å². The van der Waals surface area contributed by atoms with E-state index in [4.69, 9.17) is 4.74 Å². The first-order valence-electron chi connectivity index (χ1n) is 5.41. The second-order valence-electron chi connectivity index (χ2n) is 3.70. The summed E-state index contributed by atoms with van der Waals surface area (Å²) in [7, 11) is 0. The fraction of sp³-hybridized carbons (Fsp3) is 0.800. The Balaban J connectivity index is 2.29. The Morgan fingerprint density at radius 3 is 2.87 bits per heavy atom. The first kappa shape index (κ1) is 12.4. The van der Waals surface area contributed by atoms with E-state index in [2.05, 4.69) is 36.3 Å². The van der Waals surface area contributed by atoms with Crippen LogP contribution in [-0.2, 0) is 6.54 Å². The Kier molecular flexibility index (Phi) is 5.57. The molecule has 0 aliphatic carbocycles. The summed E-state index contributed by atoms with van der Waals surface area (Å²) in [5.41, 5.74) is 0. The standard InChI is InChI=1S/C10H19N3OS/c1-4-5-6-14-10-13-12-9(15-10)7-11-8(2)3/h8,11H,4-7H2,1-3H3. The van der Waals surface area contributed by atoms with Crippen molar-refractivity contribution in [2.75, 3.05) is 6.61 Å². The lowest BCUT2D eigenvalue weighted by atomic mass is 10.4. The molecule has 4 nitrogen and oxygen atoms in total. The fourth-order valence-corrected chi connectivity index (χ4v) is 1.63. The van der Waals surface area contributed by atoms with Crippen LogP contribution in [0.3, 0.4) is 0 Å². The van der Waals surface area contributed by atoms with Crippen molar-refractivity contribution < 1.29 is 4.74 Å². The van der Waals surface area contributed by atoms with E-state index in [0.29, 0.717) is 11.2 Å². The third-order valence-electron chi connectivity index (χ3n) is 1.83. The smallest absolute Gasteiger partial charge is 0.294 e. The summed E-state index contributed by atoms with van der Waals surface area (Å²) in [6.45, 7) is 7.87. The van der Waals surface area contributed by atoms with Crippen molar-refractivity contribution in [3.63, 3.8) is 0 Å². The Morgan fingerprint density at radius 2 is 2.20 bits per heavy atom. The molecule has 1 heterocycles. The Bertz CT molecular complexity index is 275. The van der Waals surface area contributed by atoms with Crippen molar-refractivity contribution in [3.05, 3.63) is 5.01 Å². The molecule has 0 bridgehead atoms. The van der Waals surface area contributed by atoms with E-state index >= 15 is 0 Å². The lowest BCUT2D eigenvalue weighted by Crippen LogP contribution is -2.21. The lowest BCUT2D eigenvalue weighted by molar-refractivity contribution is 0.305. The highest BCUT2D eigenvalue weighted by atomic mass is 32.1. The van der Waals surface area contributed by atoms with E-state index in [1.807, 2.05) is 0 Å². The molecule has 5 heteroatoms. The van der Waals surface area contributed by atoms with Crippen LogP contribution < -0.4 is 10.1 Å². The average molecular weight is 229 g/mol. The maximum absolute atomic E-state index is 5.45. The van der Waals surface area contributed by atoms with E-state index in [0.717, 1.165) is 31.0 Å². The number of hydrogen-bond donors (Lipinski definition) is 1. The molecule has 1 N–H and O–H groups in total. The fourth-order valence-electron chi connectivity index (χ4n) is 0.963. The van der Waals surface area contributed by atoms with Gasteiger partial charge in [-0.25, -0.2) is 0 Å². The van der Waals surface area contributed by atoms with Crippen LogP contribution >= 0.6 is 11.3 Å². The third-order valence-corrected chi connectivity index (χ3v) is 2.67. The third kappa shape index (κ3) is 5.09. The van der Waals surface area contributed by atoms with Crippen molar-refractivity contribution in [1.82, 2.24) is 15.5 Å². The Labute approximate surface area is 95.1 Å². The SMILES string of the molecule is CCCCOc1nnc(CNC(C)C)s1. The maximum atomic E-state index is 5.45. The highest BCUT2D eigenvalue weighted by molar-refractivity contribution is 7.13. The van der Waals surface area contributed by atoms with Gasteiger partial charge < -0.3 is 10.1 Å². The molecule has 0 aliphatic rings. The highest BCUT2D eigenvalue weighted by Crippen LogP contribution is 2.17. The van der Waals surface area contributed by atoms with Gasteiger partial charge in [0.15, 0.2) is 0 Å². The van der Waals surface area contributed by atoms with Gasteiger partial charge in [0.05, 0.1) is 13.2 Å². The average Bonchev–Trinajstić information content (AvgIpc) is 2.63. The molecule has 1 aromatic rings. The summed E-state index contributed by atoms with van der Waals surface area (Å²) >= 11 is 1.52. The van der Waals surface area contributed by atoms with Crippen molar-refractivity contribution >= 4 is 11.3 Å². The number of aromatic nitrogens is 2. The molecule has 0 saturated carbocycles.